The predicted molar refractivity (Wildman–Crippen MR) is 72.5 cm³/mol. The van der Waals surface area contributed by atoms with E-state index in [1.54, 1.807) is 13.0 Å². The highest BCUT2D eigenvalue weighted by Gasteiger charge is 2.34. The number of nitrogens with zero attached hydrogens (tertiary/aromatic N) is 1. The van der Waals surface area contributed by atoms with Crippen LogP contribution in [0.15, 0.2) is 18.2 Å². The number of nitrogens with two attached hydrogens (primary N) is 1. The molecule has 0 bridgehead atoms. The average Bonchev–Trinajstić information content (AvgIpc) is 2.38. The fourth-order valence-electron chi connectivity index (χ4n) is 2.63. The highest BCUT2D eigenvalue weighted by molar-refractivity contribution is 5.59. The first-order valence-corrected chi connectivity index (χ1v) is 6.69. The van der Waals surface area contributed by atoms with Gasteiger partial charge in [0.2, 0.25) is 0 Å². The summed E-state index contributed by atoms with van der Waals surface area (Å²) in [6.45, 7) is 3.05. The Hall–Kier alpha value is -1.43. The minimum absolute atomic E-state index is 0.224. The largest absolute Gasteiger partial charge is 0.418 e. The van der Waals surface area contributed by atoms with E-state index in [9.17, 15) is 18.3 Å². The number of hydrogen-bond acceptors (Lipinski definition) is 3. The minimum atomic E-state index is -4.43. The highest BCUT2D eigenvalue weighted by Crippen LogP contribution is 2.36. The Morgan fingerprint density at radius 1 is 1.30 bits per heavy atom. The summed E-state index contributed by atoms with van der Waals surface area (Å²) in [6.07, 6.45) is -3.24. The van der Waals surface area contributed by atoms with Crippen LogP contribution in [0.4, 0.5) is 24.5 Å². The lowest BCUT2D eigenvalue weighted by Gasteiger charge is -2.35. The maximum Gasteiger partial charge on any atom is 0.418 e. The molecule has 0 radical (unpaired) electrons. The molecule has 0 aliphatic carbocycles. The van der Waals surface area contributed by atoms with Gasteiger partial charge in [-0.1, -0.05) is 0 Å². The van der Waals surface area contributed by atoms with Gasteiger partial charge in [-0.2, -0.15) is 13.2 Å². The number of nitrogen functional groups attached to an aromatic ring is 1. The average molecular weight is 288 g/mol. The van der Waals surface area contributed by atoms with Crippen molar-refractivity contribution in [2.24, 2.45) is 5.92 Å². The predicted octanol–water partition coefficient (Wildman–Crippen LogP) is 2.88. The standard InChI is InChI=1S/C14H19F3N2O/c1-9(20)10-4-6-19(7-5-10)11-2-3-13(18)12(8-11)14(15,16)17/h2-3,8-10,20H,4-7,18H2,1H3. The molecular weight excluding hydrogens is 269 g/mol. The van der Waals surface area contributed by atoms with Crippen LogP contribution in [0.5, 0.6) is 0 Å². The molecule has 1 heterocycles. The second-order valence-electron chi connectivity index (χ2n) is 5.33. The topological polar surface area (TPSA) is 49.5 Å². The third-order valence-corrected chi connectivity index (χ3v) is 3.93. The van der Waals surface area contributed by atoms with Gasteiger partial charge >= 0.3 is 6.18 Å². The number of anilines is 2. The van der Waals surface area contributed by atoms with E-state index in [2.05, 4.69) is 0 Å². The SMILES string of the molecule is CC(O)C1CCN(c2ccc(N)c(C(F)(F)F)c2)CC1. The van der Waals surface area contributed by atoms with Crippen LogP contribution in [0.2, 0.25) is 0 Å². The van der Waals surface area contributed by atoms with Gasteiger partial charge in [0.05, 0.1) is 11.7 Å². The van der Waals surface area contributed by atoms with E-state index in [1.165, 1.54) is 6.07 Å². The van der Waals surface area contributed by atoms with Crippen molar-refractivity contribution in [3.63, 3.8) is 0 Å². The van der Waals surface area contributed by atoms with E-state index < -0.39 is 11.7 Å². The molecule has 1 atom stereocenters. The number of aliphatic hydroxyl groups excluding tert-OH is 1. The van der Waals surface area contributed by atoms with Gasteiger partial charge < -0.3 is 15.7 Å². The van der Waals surface area contributed by atoms with Crippen molar-refractivity contribution in [1.29, 1.82) is 0 Å². The van der Waals surface area contributed by atoms with Crippen molar-refractivity contribution < 1.29 is 18.3 Å². The Balaban J connectivity index is 2.15. The summed E-state index contributed by atoms with van der Waals surface area (Å²) < 4.78 is 38.5. The fourth-order valence-corrected chi connectivity index (χ4v) is 2.63. The summed E-state index contributed by atoms with van der Waals surface area (Å²) in [5.74, 6) is 0.224. The van der Waals surface area contributed by atoms with Gasteiger partial charge in [0.15, 0.2) is 0 Å². The number of rotatable bonds is 2. The van der Waals surface area contributed by atoms with Gasteiger partial charge in [0.1, 0.15) is 0 Å². The maximum atomic E-state index is 12.8. The van der Waals surface area contributed by atoms with Crippen molar-refractivity contribution in [2.45, 2.75) is 32.0 Å². The Morgan fingerprint density at radius 3 is 2.40 bits per heavy atom. The molecule has 1 aliphatic rings. The van der Waals surface area contributed by atoms with Gasteiger partial charge in [-0.25, -0.2) is 0 Å². The number of alkyl halides is 3. The molecule has 6 heteroatoms. The van der Waals surface area contributed by atoms with Crippen molar-refractivity contribution in [2.75, 3.05) is 23.7 Å². The zero-order valence-corrected chi connectivity index (χ0v) is 11.3. The molecule has 0 aromatic heterocycles. The van der Waals surface area contributed by atoms with E-state index in [-0.39, 0.29) is 17.7 Å². The van der Waals surface area contributed by atoms with Crippen molar-refractivity contribution in [3.8, 4) is 0 Å². The molecule has 1 aromatic carbocycles. The molecule has 3 nitrogen and oxygen atoms in total. The van der Waals surface area contributed by atoms with Crippen LogP contribution in [0.25, 0.3) is 0 Å². The van der Waals surface area contributed by atoms with E-state index >= 15 is 0 Å². The Kier molecular flexibility index (Phi) is 4.13. The van der Waals surface area contributed by atoms with Crippen LogP contribution in [0.1, 0.15) is 25.3 Å². The zero-order chi connectivity index (χ0) is 14.9. The van der Waals surface area contributed by atoms with Crippen molar-refractivity contribution in [1.82, 2.24) is 0 Å². The molecule has 0 spiro atoms. The summed E-state index contributed by atoms with van der Waals surface area (Å²) in [7, 11) is 0. The first-order chi connectivity index (χ1) is 9.29. The van der Waals surface area contributed by atoms with Crippen LogP contribution in [0, 0.1) is 5.92 Å². The number of piperidine rings is 1. The van der Waals surface area contributed by atoms with E-state index in [0.29, 0.717) is 18.8 Å². The number of hydrogen-bond donors (Lipinski definition) is 2. The minimum Gasteiger partial charge on any atom is -0.398 e. The van der Waals surface area contributed by atoms with Gasteiger partial charge in [-0.3, -0.25) is 0 Å². The van der Waals surface area contributed by atoms with Crippen LogP contribution in [-0.4, -0.2) is 24.3 Å². The third kappa shape index (κ3) is 3.17. The number of benzene rings is 1. The molecule has 0 amide bonds. The monoisotopic (exact) mass is 288 g/mol. The lowest BCUT2D eigenvalue weighted by Crippen LogP contribution is -2.37. The van der Waals surface area contributed by atoms with E-state index in [1.807, 2.05) is 4.90 Å². The quantitative estimate of drug-likeness (QED) is 0.823. The first kappa shape index (κ1) is 15.0. The highest BCUT2D eigenvalue weighted by atomic mass is 19.4. The van der Waals surface area contributed by atoms with E-state index in [0.717, 1.165) is 18.9 Å². The zero-order valence-electron chi connectivity index (χ0n) is 11.3. The molecule has 20 heavy (non-hydrogen) atoms. The molecule has 1 saturated heterocycles. The van der Waals surface area contributed by atoms with Gasteiger partial charge in [-0.15, -0.1) is 0 Å². The normalized spacial score (nSPS) is 19.1. The molecule has 1 fully saturated rings. The molecule has 0 saturated carbocycles. The van der Waals surface area contributed by atoms with Crippen LogP contribution < -0.4 is 10.6 Å². The second kappa shape index (κ2) is 5.52. The summed E-state index contributed by atoms with van der Waals surface area (Å²) in [5, 5.41) is 9.54. The lowest BCUT2D eigenvalue weighted by atomic mass is 9.92. The van der Waals surface area contributed by atoms with Crippen LogP contribution in [-0.2, 0) is 6.18 Å². The molecule has 1 aromatic rings. The van der Waals surface area contributed by atoms with E-state index in [4.69, 9.17) is 5.73 Å². The van der Waals surface area contributed by atoms with Crippen molar-refractivity contribution >= 4 is 11.4 Å². The van der Waals surface area contributed by atoms with Gasteiger partial charge in [0.25, 0.3) is 0 Å². The van der Waals surface area contributed by atoms with Crippen LogP contribution >= 0.6 is 0 Å². The Morgan fingerprint density at radius 2 is 1.90 bits per heavy atom. The molecule has 112 valence electrons. The summed E-state index contributed by atoms with van der Waals surface area (Å²) in [5.41, 5.74) is 4.90. The molecule has 1 unspecified atom stereocenters. The molecular formula is C14H19F3N2O. The lowest BCUT2D eigenvalue weighted by molar-refractivity contribution is -0.136. The van der Waals surface area contributed by atoms with Gasteiger partial charge in [0, 0.05) is 24.5 Å². The van der Waals surface area contributed by atoms with Crippen LogP contribution in [0.3, 0.4) is 0 Å². The Bertz CT molecular complexity index is 466. The van der Waals surface area contributed by atoms with Gasteiger partial charge in [-0.05, 0) is 43.9 Å². The molecule has 3 N–H and O–H groups in total. The maximum absolute atomic E-state index is 12.8. The first-order valence-electron chi connectivity index (χ1n) is 6.69. The smallest absolute Gasteiger partial charge is 0.398 e. The summed E-state index contributed by atoms with van der Waals surface area (Å²) in [6, 6.07) is 4.03. The molecule has 2 rings (SSSR count). The summed E-state index contributed by atoms with van der Waals surface area (Å²) >= 11 is 0. The fraction of sp³-hybridized carbons (Fsp3) is 0.571. The third-order valence-electron chi connectivity index (χ3n) is 3.93. The number of aliphatic hydroxyl groups is 1. The Labute approximate surface area is 116 Å². The summed E-state index contributed by atoms with van der Waals surface area (Å²) in [4.78, 5) is 1.91. The second-order valence-corrected chi connectivity index (χ2v) is 5.33. The molecule has 1 aliphatic heterocycles. The van der Waals surface area contributed by atoms with Crippen molar-refractivity contribution in [3.05, 3.63) is 23.8 Å². The number of halogens is 3.